The highest BCUT2D eigenvalue weighted by molar-refractivity contribution is 5.86. The van der Waals surface area contributed by atoms with Crippen LogP contribution in [0.2, 0.25) is 0 Å². The van der Waals surface area contributed by atoms with Crippen LogP contribution < -0.4 is 0 Å². The van der Waals surface area contributed by atoms with Crippen LogP contribution in [0.3, 0.4) is 0 Å². The molecule has 0 fully saturated rings. The summed E-state index contributed by atoms with van der Waals surface area (Å²) in [7, 11) is 0. The standard InChI is InChI=1S/C17H18FNO/c1-17(2,3)13-8-6-7-12(16(13)20)11-19-15-10-5-4-9-14(15)18/h4-11,20H,1-3H3. The number of phenols is 1. The average Bonchev–Trinajstić information content (AvgIpc) is 2.38. The van der Waals surface area contributed by atoms with Crippen molar-refractivity contribution in [1.29, 1.82) is 0 Å². The number of aromatic hydroxyl groups is 1. The summed E-state index contributed by atoms with van der Waals surface area (Å²) < 4.78 is 13.5. The number of benzene rings is 2. The van der Waals surface area contributed by atoms with Crippen LogP contribution in [0.4, 0.5) is 10.1 Å². The highest BCUT2D eigenvalue weighted by Crippen LogP contribution is 2.32. The van der Waals surface area contributed by atoms with Gasteiger partial charge in [0.2, 0.25) is 0 Å². The Hall–Kier alpha value is -2.16. The van der Waals surface area contributed by atoms with Gasteiger partial charge in [0.25, 0.3) is 0 Å². The molecule has 2 aromatic rings. The van der Waals surface area contributed by atoms with Crippen LogP contribution in [0.1, 0.15) is 31.9 Å². The minimum absolute atomic E-state index is 0.161. The van der Waals surface area contributed by atoms with E-state index in [4.69, 9.17) is 0 Å². The Kier molecular flexibility index (Phi) is 3.89. The van der Waals surface area contributed by atoms with Crippen molar-refractivity contribution in [3.8, 4) is 5.75 Å². The Morgan fingerprint density at radius 3 is 2.40 bits per heavy atom. The molecule has 3 heteroatoms. The summed E-state index contributed by atoms with van der Waals surface area (Å²) in [6.45, 7) is 6.08. The van der Waals surface area contributed by atoms with Gasteiger partial charge in [-0.05, 0) is 29.2 Å². The van der Waals surface area contributed by atoms with E-state index in [1.807, 2.05) is 32.9 Å². The highest BCUT2D eigenvalue weighted by atomic mass is 19.1. The Balaban J connectivity index is 2.38. The number of para-hydroxylation sites is 2. The highest BCUT2D eigenvalue weighted by Gasteiger charge is 2.19. The van der Waals surface area contributed by atoms with E-state index in [9.17, 15) is 9.50 Å². The van der Waals surface area contributed by atoms with Gasteiger partial charge in [-0.15, -0.1) is 0 Å². The molecule has 0 aliphatic heterocycles. The van der Waals surface area contributed by atoms with Crippen LogP contribution in [0.5, 0.6) is 5.75 Å². The van der Waals surface area contributed by atoms with Crippen LogP contribution in [-0.4, -0.2) is 11.3 Å². The summed E-state index contributed by atoms with van der Waals surface area (Å²) in [4.78, 5) is 4.10. The van der Waals surface area contributed by atoms with Crippen molar-refractivity contribution in [2.24, 2.45) is 4.99 Å². The largest absolute Gasteiger partial charge is 0.507 e. The molecular weight excluding hydrogens is 253 g/mol. The van der Waals surface area contributed by atoms with Crippen molar-refractivity contribution in [2.45, 2.75) is 26.2 Å². The van der Waals surface area contributed by atoms with Crippen molar-refractivity contribution < 1.29 is 9.50 Å². The Morgan fingerprint density at radius 1 is 1.05 bits per heavy atom. The molecule has 0 spiro atoms. The normalized spacial score (nSPS) is 12.0. The zero-order valence-corrected chi connectivity index (χ0v) is 11.9. The predicted molar refractivity (Wildman–Crippen MR) is 80.5 cm³/mol. The third-order valence-electron chi connectivity index (χ3n) is 3.07. The second-order valence-electron chi connectivity index (χ2n) is 5.70. The van der Waals surface area contributed by atoms with Crippen LogP contribution in [0.25, 0.3) is 0 Å². The van der Waals surface area contributed by atoms with Gasteiger partial charge in [0.05, 0.1) is 5.69 Å². The molecule has 1 N–H and O–H groups in total. The van der Waals surface area contributed by atoms with Gasteiger partial charge in [-0.1, -0.05) is 45.0 Å². The van der Waals surface area contributed by atoms with Gasteiger partial charge in [0, 0.05) is 11.8 Å². The molecular formula is C17H18FNO. The summed E-state index contributed by atoms with van der Waals surface area (Å²) in [5, 5.41) is 10.3. The molecule has 2 aromatic carbocycles. The monoisotopic (exact) mass is 271 g/mol. The molecule has 0 bridgehead atoms. The molecule has 0 radical (unpaired) electrons. The van der Waals surface area contributed by atoms with E-state index in [-0.39, 0.29) is 22.7 Å². The maximum absolute atomic E-state index is 13.5. The maximum atomic E-state index is 13.5. The van der Waals surface area contributed by atoms with Crippen LogP contribution in [0.15, 0.2) is 47.5 Å². The van der Waals surface area contributed by atoms with Crippen molar-refractivity contribution in [3.05, 3.63) is 59.4 Å². The number of rotatable bonds is 2. The van der Waals surface area contributed by atoms with E-state index in [1.165, 1.54) is 12.3 Å². The summed E-state index contributed by atoms with van der Waals surface area (Å²) >= 11 is 0. The molecule has 0 saturated heterocycles. The first-order chi connectivity index (χ1) is 9.39. The van der Waals surface area contributed by atoms with Gasteiger partial charge < -0.3 is 5.11 Å². The average molecular weight is 271 g/mol. The first kappa shape index (κ1) is 14.3. The number of phenolic OH excluding ortho intramolecular Hbond substituents is 1. The predicted octanol–water partition coefficient (Wildman–Crippen LogP) is 4.58. The first-order valence-electron chi connectivity index (χ1n) is 6.50. The van der Waals surface area contributed by atoms with E-state index < -0.39 is 0 Å². The van der Waals surface area contributed by atoms with E-state index >= 15 is 0 Å². The number of aliphatic imine (C=N–C) groups is 1. The van der Waals surface area contributed by atoms with E-state index in [0.29, 0.717) is 5.56 Å². The fourth-order valence-electron chi connectivity index (χ4n) is 1.97. The lowest BCUT2D eigenvalue weighted by Crippen LogP contribution is -2.11. The Morgan fingerprint density at radius 2 is 1.75 bits per heavy atom. The first-order valence-corrected chi connectivity index (χ1v) is 6.50. The van der Waals surface area contributed by atoms with Gasteiger partial charge in [-0.25, -0.2) is 4.39 Å². The zero-order chi connectivity index (χ0) is 14.8. The van der Waals surface area contributed by atoms with Crippen molar-refractivity contribution in [1.82, 2.24) is 0 Å². The number of nitrogens with zero attached hydrogens (tertiary/aromatic N) is 1. The fraction of sp³-hybridized carbons (Fsp3) is 0.235. The maximum Gasteiger partial charge on any atom is 0.148 e. The summed E-state index contributed by atoms with van der Waals surface area (Å²) in [5.74, 6) is -0.185. The molecule has 0 unspecified atom stereocenters. The number of halogens is 1. The smallest absolute Gasteiger partial charge is 0.148 e. The van der Waals surface area contributed by atoms with Crippen LogP contribution >= 0.6 is 0 Å². The van der Waals surface area contributed by atoms with Gasteiger partial charge in [0.15, 0.2) is 0 Å². The molecule has 0 heterocycles. The van der Waals surface area contributed by atoms with Crippen molar-refractivity contribution in [2.75, 3.05) is 0 Å². The third-order valence-corrected chi connectivity index (χ3v) is 3.07. The Bertz CT molecular complexity index is 642. The summed E-state index contributed by atoms with van der Waals surface area (Å²) in [6.07, 6.45) is 1.49. The van der Waals surface area contributed by atoms with Gasteiger partial charge in [0.1, 0.15) is 11.6 Å². The molecule has 0 aliphatic carbocycles. The topological polar surface area (TPSA) is 32.6 Å². The molecule has 2 rings (SSSR count). The molecule has 0 aromatic heterocycles. The van der Waals surface area contributed by atoms with Gasteiger partial charge in [-0.3, -0.25) is 4.99 Å². The second-order valence-corrected chi connectivity index (χ2v) is 5.70. The van der Waals surface area contributed by atoms with Gasteiger partial charge >= 0.3 is 0 Å². The summed E-state index contributed by atoms with van der Waals surface area (Å²) in [6, 6.07) is 11.8. The van der Waals surface area contributed by atoms with Crippen LogP contribution in [0, 0.1) is 5.82 Å². The molecule has 0 amide bonds. The minimum Gasteiger partial charge on any atom is -0.507 e. The van der Waals surface area contributed by atoms with Crippen molar-refractivity contribution in [3.63, 3.8) is 0 Å². The molecule has 20 heavy (non-hydrogen) atoms. The molecule has 2 nitrogen and oxygen atoms in total. The van der Waals surface area contributed by atoms with E-state index in [0.717, 1.165) is 5.56 Å². The SMILES string of the molecule is CC(C)(C)c1cccc(C=Nc2ccccc2F)c1O. The summed E-state index contributed by atoms with van der Waals surface area (Å²) in [5.41, 5.74) is 1.52. The van der Waals surface area contributed by atoms with Crippen molar-refractivity contribution >= 4 is 11.9 Å². The molecule has 0 atom stereocenters. The van der Waals surface area contributed by atoms with E-state index in [1.54, 1.807) is 24.3 Å². The lowest BCUT2D eigenvalue weighted by Gasteiger charge is -2.21. The van der Waals surface area contributed by atoms with Gasteiger partial charge in [-0.2, -0.15) is 0 Å². The fourth-order valence-corrected chi connectivity index (χ4v) is 1.97. The second kappa shape index (κ2) is 5.45. The number of hydrogen-bond donors (Lipinski definition) is 1. The zero-order valence-electron chi connectivity index (χ0n) is 11.9. The molecule has 0 aliphatic rings. The van der Waals surface area contributed by atoms with Crippen LogP contribution in [-0.2, 0) is 5.41 Å². The molecule has 0 saturated carbocycles. The molecule has 104 valence electrons. The quantitative estimate of drug-likeness (QED) is 0.797. The minimum atomic E-state index is -0.379. The lowest BCUT2D eigenvalue weighted by atomic mass is 9.85. The third kappa shape index (κ3) is 3.05. The Labute approximate surface area is 118 Å². The number of hydrogen-bond acceptors (Lipinski definition) is 2. The van der Waals surface area contributed by atoms with E-state index in [2.05, 4.69) is 4.99 Å². The lowest BCUT2D eigenvalue weighted by molar-refractivity contribution is 0.446.